The summed E-state index contributed by atoms with van der Waals surface area (Å²) in [6.45, 7) is 9.82. The zero-order chi connectivity index (χ0) is 13.1. The smallest absolute Gasteiger partial charge is 0.138 e. The van der Waals surface area contributed by atoms with Gasteiger partial charge < -0.3 is 9.84 Å². The lowest BCUT2D eigenvalue weighted by atomic mass is 10.1. The standard InChI is InChI=1S/C13H20N4O/c1-5-17-12(6-7-15-17)8-14-9(2)13-10(3)16-18-11(13)4/h6-7,9,14H,5,8H2,1-4H3. The molecule has 2 aromatic heterocycles. The molecule has 0 saturated carbocycles. The van der Waals surface area contributed by atoms with E-state index in [0.29, 0.717) is 0 Å². The molecule has 0 saturated heterocycles. The summed E-state index contributed by atoms with van der Waals surface area (Å²) < 4.78 is 7.18. The number of nitrogens with zero attached hydrogens (tertiary/aromatic N) is 3. The third-order valence-corrected chi connectivity index (χ3v) is 3.22. The number of rotatable bonds is 5. The summed E-state index contributed by atoms with van der Waals surface area (Å²) in [5.41, 5.74) is 3.30. The van der Waals surface area contributed by atoms with Gasteiger partial charge in [-0.1, -0.05) is 5.16 Å². The summed E-state index contributed by atoms with van der Waals surface area (Å²) in [6.07, 6.45) is 1.83. The molecule has 0 aliphatic rings. The van der Waals surface area contributed by atoms with Crippen molar-refractivity contribution in [1.82, 2.24) is 20.3 Å². The van der Waals surface area contributed by atoms with Gasteiger partial charge in [-0.3, -0.25) is 4.68 Å². The van der Waals surface area contributed by atoms with Crippen molar-refractivity contribution in [3.05, 3.63) is 35.0 Å². The second-order valence-corrected chi connectivity index (χ2v) is 4.48. The Bertz CT molecular complexity index is 495. The summed E-state index contributed by atoms with van der Waals surface area (Å²) in [6, 6.07) is 2.26. The van der Waals surface area contributed by atoms with Gasteiger partial charge in [0.15, 0.2) is 0 Å². The Morgan fingerprint density at radius 3 is 2.83 bits per heavy atom. The average molecular weight is 248 g/mol. The van der Waals surface area contributed by atoms with Crippen LogP contribution in [-0.2, 0) is 13.1 Å². The maximum atomic E-state index is 5.19. The third kappa shape index (κ3) is 2.46. The van der Waals surface area contributed by atoms with E-state index in [1.165, 1.54) is 5.69 Å². The van der Waals surface area contributed by atoms with Crippen LogP contribution in [0.3, 0.4) is 0 Å². The van der Waals surface area contributed by atoms with Gasteiger partial charge in [0.05, 0.1) is 11.4 Å². The van der Waals surface area contributed by atoms with Crippen molar-refractivity contribution in [2.24, 2.45) is 0 Å². The number of hydrogen-bond donors (Lipinski definition) is 1. The lowest BCUT2D eigenvalue weighted by molar-refractivity contribution is 0.390. The Labute approximate surface area is 107 Å². The van der Waals surface area contributed by atoms with Crippen molar-refractivity contribution >= 4 is 0 Å². The Hall–Kier alpha value is -1.62. The summed E-state index contributed by atoms with van der Waals surface area (Å²) in [4.78, 5) is 0. The number of aromatic nitrogens is 3. The number of nitrogens with one attached hydrogen (secondary N) is 1. The topological polar surface area (TPSA) is 55.9 Å². The lowest BCUT2D eigenvalue weighted by Crippen LogP contribution is -2.21. The van der Waals surface area contributed by atoms with Gasteiger partial charge in [-0.05, 0) is 33.8 Å². The molecule has 1 N–H and O–H groups in total. The molecule has 0 radical (unpaired) electrons. The van der Waals surface area contributed by atoms with E-state index in [4.69, 9.17) is 4.52 Å². The van der Waals surface area contributed by atoms with Crippen molar-refractivity contribution in [2.45, 2.75) is 46.8 Å². The predicted octanol–water partition coefficient (Wildman–Crippen LogP) is 2.36. The van der Waals surface area contributed by atoms with E-state index in [2.05, 4.69) is 29.4 Å². The van der Waals surface area contributed by atoms with E-state index in [9.17, 15) is 0 Å². The molecule has 0 aromatic carbocycles. The lowest BCUT2D eigenvalue weighted by Gasteiger charge is -2.14. The summed E-state index contributed by atoms with van der Waals surface area (Å²) in [7, 11) is 0. The van der Waals surface area contributed by atoms with Crippen LogP contribution in [0.25, 0.3) is 0 Å². The minimum Gasteiger partial charge on any atom is -0.361 e. The molecule has 0 bridgehead atoms. The molecule has 5 nitrogen and oxygen atoms in total. The average Bonchev–Trinajstić information content (AvgIpc) is 2.93. The van der Waals surface area contributed by atoms with Gasteiger partial charge in [0.1, 0.15) is 5.76 Å². The normalized spacial score (nSPS) is 12.9. The Morgan fingerprint density at radius 1 is 1.44 bits per heavy atom. The fraction of sp³-hybridized carbons (Fsp3) is 0.538. The van der Waals surface area contributed by atoms with Crippen LogP contribution in [0.5, 0.6) is 0 Å². The van der Waals surface area contributed by atoms with Crippen LogP contribution in [0.15, 0.2) is 16.8 Å². The largest absolute Gasteiger partial charge is 0.361 e. The van der Waals surface area contributed by atoms with Crippen LogP contribution in [0.1, 0.15) is 42.6 Å². The van der Waals surface area contributed by atoms with Gasteiger partial charge in [0, 0.05) is 30.9 Å². The van der Waals surface area contributed by atoms with Crippen LogP contribution >= 0.6 is 0 Å². The maximum absolute atomic E-state index is 5.19. The van der Waals surface area contributed by atoms with Gasteiger partial charge >= 0.3 is 0 Å². The molecular weight excluding hydrogens is 228 g/mol. The van der Waals surface area contributed by atoms with Gasteiger partial charge in [-0.25, -0.2) is 0 Å². The Balaban J connectivity index is 2.03. The van der Waals surface area contributed by atoms with Crippen LogP contribution in [0.4, 0.5) is 0 Å². The maximum Gasteiger partial charge on any atom is 0.138 e. The Kier molecular flexibility index (Phi) is 3.81. The van der Waals surface area contributed by atoms with Crippen molar-refractivity contribution < 1.29 is 4.52 Å². The molecule has 0 aliphatic heterocycles. The summed E-state index contributed by atoms with van der Waals surface area (Å²) in [5, 5.41) is 11.7. The van der Waals surface area contributed by atoms with Gasteiger partial charge in [0.2, 0.25) is 0 Å². The molecule has 0 aliphatic carbocycles. The summed E-state index contributed by atoms with van der Waals surface area (Å²) in [5.74, 6) is 0.886. The number of hydrogen-bond acceptors (Lipinski definition) is 4. The van der Waals surface area contributed by atoms with Crippen molar-refractivity contribution in [2.75, 3.05) is 0 Å². The molecule has 18 heavy (non-hydrogen) atoms. The molecule has 0 spiro atoms. The first-order valence-electron chi connectivity index (χ1n) is 6.30. The molecule has 0 amide bonds. The van der Waals surface area contributed by atoms with Crippen molar-refractivity contribution in [3.8, 4) is 0 Å². The van der Waals surface area contributed by atoms with Crippen LogP contribution in [-0.4, -0.2) is 14.9 Å². The first kappa shape index (κ1) is 12.8. The summed E-state index contributed by atoms with van der Waals surface area (Å²) >= 11 is 0. The zero-order valence-corrected chi connectivity index (χ0v) is 11.4. The monoisotopic (exact) mass is 248 g/mol. The highest BCUT2D eigenvalue weighted by molar-refractivity contribution is 5.24. The van der Waals surface area contributed by atoms with E-state index in [0.717, 1.165) is 30.1 Å². The first-order chi connectivity index (χ1) is 8.63. The molecule has 1 unspecified atom stereocenters. The van der Waals surface area contributed by atoms with E-state index in [1.807, 2.05) is 30.8 Å². The van der Waals surface area contributed by atoms with E-state index < -0.39 is 0 Å². The van der Waals surface area contributed by atoms with E-state index in [-0.39, 0.29) is 6.04 Å². The van der Waals surface area contributed by atoms with E-state index in [1.54, 1.807) is 0 Å². The highest BCUT2D eigenvalue weighted by Gasteiger charge is 2.16. The SMILES string of the molecule is CCn1nccc1CNC(C)c1c(C)noc1C. The third-order valence-electron chi connectivity index (χ3n) is 3.22. The zero-order valence-electron chi connectivity index (χ0n) is 11.4. The van der Waals surface area contributed by atoms with Crippen molar-refractivity contribution in [3.63, 3.8) is 0 Å². The molecule has 98 valence electrons. The minimum absolute atomic E-state index is 0.219. The second kappa shape index (κ2) is 5.35. The van der Waals surface area contributed by atoms with Gasteiger partial charge in [0.25, 0.3) is 0 Å². The predicted molar refractivity (Wildman–Crippen MR) is 69.1 cm³/mol. The van der Waals surface area contributed by atoms with Gasteiger partial charge in [-0.2, -0.15) is 5.10 Å². The number of aryl methyl sites for hydroxylation is 3. The fourth-order valence-electron chi connectivity index (χ4n) is 2.26. The van der Waals surface area contributed by atoms with E-state index >= 15 is 0 Å². The van der Waals surface area contributed by atoms with Crippen LogP contribution in [0.2, 0.25) is 0 Å². The van der Waals surface area contributed by atoms with Crippen LogP contribution in [0, 0.1) is 13.8 Å². The molecule has 5 heteroatoms. The molecule has 2 rings (SSSR count). The molecule has 0 fully saturated rings. The molecular formula is C13H20N4O. The highest BCUT2D eigenvalue weighted by Crippen LogP contribution is 2.21. The molecule has 2 aromatic rings. The Morgan fingerprint density at radius 2 is 2.22 bits per heavy atom. The molecule has 1 atom stereocenters. The first-order valence-corrected chi connectivity index (χ1v) is 6.30. The fourth-order valence-corrected chi connectivity index (χ4v) is 2.26. The highest BCUT2D eigenvalue weighted by atomic mass is 16.5. The van der Waals surface area contributed by atoms with Crippen molar-refractivity contribution in [1.29, 1.82) is 0 Å². The van der Waals surface area contributed by atoms with Crippen LogP contribution < -0.4 is 5.32 Å². The van der Waals surface area contributed by atoms with Gasteiger partial charge in [-0.15, -0.1) is 0 Å². The second-order valence-electron chi connectivity index (χ2n) is 4.48. The molecule has 2 heterocycles. The minimum atomic E-state index is 0.219. The quantitative estimate of drug-likeness (QED) is 0.882.